The number of aliphatic hydroxyl groups is 1. The van der Waals surface area contributed by atoms with Gasteiger partial charge in [-0.25, -0.2) is 0 Å². The van der Waals surface area contributed by atoms with Crippen molar-refractivity contribution < 1.29 is 5.11 Å². The lowest BCUT2D eigenvalue weighted by Crippen LogP contribution is -1.87. The normalized spacial score (nSPS) is 11.1. The molecule has 1 aromatic rings. The van der Waals surface area contributed by atoms with Gasteiger partial charge in [-0.3, -0.25) is 0 Å². The molecule has 0 fully saturated rings. The lowest BCUT2D eigenvalue weighted by Gasteiger charge is -2.03. The molecule has 3 heteroatoms. The third-order valence-electron chi connectivity index (χ3n) is 1.89. The topological polar surface area (TPSA) is 44.0 Å². The van der Waals surface area contributed by atoms with Crippen molar-refractivity contribution in [3.05, 3.63) is 41.5 Å². The van der Waals surface area contributed by atoms with E-state index in [1.54, 1.807) is 0 Å². The van der Waals surface area contributed by atoms with Gasteiger partial charge in [0.1, 0.15) is 0 Å². The standard InChI is InChI=1S/C11H10BrNO/c12-7-11(5-6-13)10-3-1-9(8-14)2-4-10/h1-5,14H,7-8H2/b11-5+. The molecule has 1 aromatic carbocycles. The highest BCUT2D eigenvalue weighted by Gasteiger charge is 1.99. The van der Waals surface area contributed by atoms with E-state index in [9.17, 15) is 0 Å². The van der Waals surface area contributed by atoms with Gasteiger partial charge < -0.3 is 5.11 Å². The molecule has 0 radical (unpaired) electrons. The molecule has 0 saturated carbocycles. The van der Waals surface area contributed by atoms with Crippen LogP contribution in [0.5, 0.6) is 0 Å². The molecule has 0 unspecified atom stereocenters. The van der Waals surface area contributed by atoms with Crippen LogP contribution in [0.3, 0.4) is 0 Å². The molecular formula is C11H10BrNO. The molecule has 0 spiro atoms. The number of nitrogens with zero attached hydrogens (tertiary/aromatic N) is 1. The highest BCUT2D eigenvalue weighted by Crippen LogP contribution is 2.17. The highest BCUT2D eigenvalue weighted by atomic mass is 79.9. The molecule has 0 aliphatic heterocycles. The number of rotatable bonds is 3. The summed E-state index contributed by atoms with van der Waals surface area (Å²) in [5.41, 5.74) is 2.82. The summed E-state index contributed by atoms with van der Waals surface area (Å²) in [4.78, 5) is 0. The molecule has 0 aromatic heterocycles. The van der Waals surface area contributed by atoms with E-state index >= 15 is 0 Å². The third-order valence-corrected chi connectivity index (χ3v) is 2.49. The minimum atomic E-state index is 0.0475. The van der Waals surface area contributed by atoms with Gasteiger partial charge in [-0.1, -0.05) is 40.2 Å². The van der Waals surface area contributed by atoms with Crippen LogP contribution in [0.15, 0.2) is 30.3 Å². The van der Waals surface area contributed by atoms with E-state index < -0.39 is 0 Å². The summed E-state index contributed by atoms with van der Waals surface area (Å²) in [6.45, 7) is 0.0475. The third kappa shape index (κ3) is 2.69. The predicted molar refractivity (Wildman–Crippen MR) is 59.7 cm³/mol. The van der Waals surface area contributed by atoms with Crippen LogP contribution in [-0.4, -0.2) is 10.4 Å². The Balaban J connectivity index is 2.96. The summed E-state index contributed by atoms with van der Waals surface area (Å²) >= 11 is 3.32. The number of hydrogen-bond donors (Lipinski definition) is 1. The predicted octanol–water partition coefficient (Wildman–Crippen LogP) is 2.48. The van der Waals surface area contributed by atoms with Gasteiger partial charge in [0.15, 0.2) is 0 Å². The van der Waals surface area contributed by atoms with Crippen LogP contribution in [0, 0.1) is 11.3 Å². The van der Waals surface area contributed by atoms with Gasteiger partial charge >= 0.3 is 0 Å². The number of alkyl halides is 1. The Bertz CT molecular complexity index is 362. The van der Waals surface area contributed by atoms with Crippen LogP contribution in [-0.2, 0) is 6.61 Å². The van der Waals surface area contributed by atoms with Gasteiger partial charge in [0.05, 0.1) is 12.7 Å². The minimum absolute atomic E-state index is 0.0475. The quantitative estimate of drug-likeness (QED) is 0.663. The minimum Gasteiger partial charge on any atom is -0.392 e. The molecule has 0 saturated heterocycles. The van der Waals surface area contributed by atoms with Crippen molar-refractivity contribution >= 4 is 21.5 Å². The summed E-state index contributed by atoms with van der Waals surface area (Å²) < 4.78 is 0. The number of aliphatic hydroxyl groups excluding tert-OH is 1. The molecular weight excluding hydrogens is 242 g/mol. The van der Waals surface area contributed by atoms with Gasteiger partial charge in [-0.2, -0.15) is 5.26 Å². The Labute approximate surface area is 91.6 Å². The SMILES string of the molecule is N#C/C=C(\CBr)c1ccc(CO)cc1. The van der Waals surface area contributed by atoms with Gasteiger partial charge in [0.2, 0.25) is 0 Å². The van der Waals surface area contributed by atoms with Crippen LogP contribution in [0.2, 0.25) is 0 Å². The number of benzene rings is 1. The largest absolute Gasteiger partial charge is 0.392 e. The van der Waals surface area contributed by atoms with Crippen molar-refractivity contribution in [2.75, 3.05) is 5.33 Å². The van der Waals surface area contributed by atoms with Crippen molar-refractivity contribution in [3.63, 3.8) is 0 Å². The number of allylic oxidation sites excluding steroid dienone is 2. The summed E-state index contributed by atoms with van der Waals surface area (Å²) in [6.07, 6.45) is 1.52. The number of hydrogen-bond acceptors (Lipinski definition) is 2. The summed E-state index contributed by atoms with van der Waals surface area (Å²) in [7, 11) is 0. The van der Waals surface area contributed by atoms with Crippen molar-refractivity contribution in [1.29, 1.82) is 5.26 Å². The smallest absolute Gasteiger partial charge is 0.0915 e. The summed E-state index contributed by atoms with van der Waals surface area (Å²) in [5, 5.41) is 18.0. The zero-order valence-electron chi connectivity index (χ0n) is 7.57. The van der Waals surface area contributed by atoms with Gasteiger partial charge in [-0.15, -0.1) is 0 Å². The fraction of sp³-hybridized carbons (Fsp3) is 0.182. The van der Waals surface area contributed by atoms with Crippen molar-refractivity contribution in [3.8, 4) is 6.07 Å². The van der Waals surface area contributed by atoms with Crippen molar-refractivity contribution in [2.24, 2.45) is 0 Å². The zero-order valence-corrected chi connectivity index (χ0v) is 9.16. The van der Waals surface area contributed by atoms with Crippen LogP contribution in [0.1, 0.15) is 11.1 Å². The van der Waals surface area contributed by atoms with Crippen LogP contribution in [0.4, 0.5) is 0 Å². The molecule has 14 heavy (non-hydrogen) atoms. The first-order valence-corrected chi connectivity index (χ1v) is 5.28. The van der Waals surface area contributed by atoms with E-state index in [-0.39, 0.29) is 6.61 Å². The number of nitriles is 1. The Kier molecular flexibility index (Phi) is 4.37. The zero-order chi connectivity index (χ0) is 10.4. The average molecular weight is 252 g/mol. The first kappa shape index (κ1) is 11.0. The maximum absolute atomic E-state index is 8.85. The maximum Gasteiger partial charge on any atom is 0.0915 e. The van der Waals surface area contributed by atoms with E-state index in [1.165, 1.54) is 6.08 Å². The fourth-order valence-electron chi connectivity index (χ4n) is 1.10. The molecule has 0 bridgehead atoms. The molecule has 0 aliphatic carbocycles. The molecule has 72 valence electrons. The lowest BCUT2D eigenvalue weighted by atomic mass is 10.1. The number of halogens is 1. The molecule has 1 rings (SSSR count). The molecule has 1 N–H and O–H groups in total. The fourth-order valence-corrected chi connectivity index (χ4v) is 1.59. The second-order valence-corrected chi connectivity index (χ2v) is 3.35. The van der Waals surface area contributed by atoms with E-state index in [2.05, 4.69) is 15.9 Å². The van der Waals surface area contributed by atoms with E-state index in [0.29, 0.717) is 5.33 Å². The molecule has 0 amide bonds. The summed E-state index contributed by atoms with van der Waals surface area (Å²) in [5.74, 6) is 0. The first-order chi connectivity index (χ1) is 6.81. The van der Waals surface area contributed by atoms with E-state index in [1.807, 2.05) is 30.3 Å². The molecule has 2 nitrogen and oxygen atoms in total. The van der Waals surface area contributed by atoms with Crippen LogP contribution in [0.25, 0.3) is 5.57 Å². The van der Waals surface area contributed by atoms with Crippen molar-refractivity contribution in [2.45, 2.75) is 6.61 Å². The first-order valence-electron chi connectivity index (χ1n) is 4.16. The van der Waals surface area contributed by atoms with Crippen LogP contribution < -0.4 is 0 Å². The summed E-state index contributed by atoms with van der Waals surface area (Å²) in [6, 6.07) is 9.50. The lowest BCUT2D eigenvalue weighted by molar-refractivity contribution is 0.282. The maximum atomic E-state index is 8.85. The second-order valence-electron chi connectivity index (χ2n) is 2.79. The molecule has 0 aliphatic rings. The van der Waals surface area contributed by atoms with Crippen molar-refractivity contribution in [1.82, 2.24) is 0 Å². The Morgan fingerprint density at radius 1 is 1.43 bits per heavy atom. The van der Waals surface area contributed by atoms with E-state index in [0.717, 1.165) is 16.7 Å². The average Bonchev–Trinajstić information content (AvgIpc) is 2.26. The monoisotopic (exact) mass is 251 g/mol. The Morgan fingerprint density at radius 3 is 2.50 bits per heavy atom. The van der Waals surface area contributed by atoms with Gasteiger partial charge in [0, 0.05) is 11.4 Å². The van der Waals surface area contributed by atoms with Gasteiger partial charge in [0.25, 0.3) is 0 Å². The Hall–Kier alpha value is -1.11. The Morgan fingerprint density at radius 2 is 2.07 bits per heavy atom. The highest BCUT2D eigenvalue weighted by molar-refractivity contribution is 9.09. The second kappa shape index (κ2) is 5.58. The van der Waals surface area contributed by atoms with E-state index in [4.69, 9.17) is 10.4 Å². The van der Waals surface area contributed by atoms with Crippen LogP contribution >= 0.6 is 15.9 Å². The molecule has 0 atom stereocenters. The van der Waals surface area contributed by atoms with Gasteiger partial charge in [-0.05, 0) is 16.7 Å². The molecule has 0 heterocycles.